The number of aromatic nitrogens is 1. The molecule has 0 bridgehead atoms. The first-order valence-corrected chi connectivity index (χ1v) is 6.23. The van der Waals surface area contributed by atoms with Gasteiger partial charge in [-0.1, -0.05) is 11.2 Å². The molecule has 0 aromatic carbocycles. The molecule has 4 nitrogen and oxygen atoms in total. The highest BCUT2D eigenvalue weighted by atomic mass is 32.2. The lowest BCUT2D eigenvalue weighted by molar-refractivity contribution is 0.315. The summed E-state index contributed by atoms with van der Waals surface area (Å²) < 4.78 is 0. The maximum absolute atomic E-state index is 8.55. The van der Waals surface area contributed by atoms with Crippen molar-refractivity contribution in [1.82, 2.24) is 4.98 Å². The Labute approximate surface area is 98.9 Å². The molecule has 1 aliphatic carbocycles. The van der Waals surface area contributed by atoms with Crippen LogP contribution in [0, 0.1) is 5.41 Å². The number of thioether (sulfide) groups is 1. The molecule has 1 fully saturated rings. The fourth-order valence-corrected chi connectivity index (χ4v) is 2.78. The third-order valence-corrected chi connectivity index (χ3v) is 4.10. The Hall–Kier alpha value is -1.23. The van der Waals surface area contributed by atoms with E-state index in [0.717, 1.165) is 23.6 Å². The van der Waals surface area contributed by atoms with Crippen LogP contribution in [0.15, 0.2) is 34.6 Å². The molecule has 0 atom stereocenters. The van der Waals surface area contributed by atoms with Gasteiger partial charge in [-0.15, -0.1) is 11.8 Å². The van der Waals surface area contributed by atoms with Crippen LogP contribution >= 0.6 is 11.8 Å². The maximum atomic E-state index is 8.55. The number of nitrogens with two attached hydrogens (primary N) is 1. The van der Waals surface area contributed by atoms with Gasteiger partial charge < -0.3 is 10.9 Å². The summed E-state index contributed by atoms with van der Waals surface area (Å²) in [6.07, 6.45) is 4.79. The van der Waals surface area contributed by atoms with E-state index in [9.17, 15) is 0 Å². The molecule has 3 N–H and O–H groups in total. The molecular weight excluding hydrogens is 222 g/mol. The summed E-state index contributed by atoms with van der Waals surface area (Å²) in [7, 11) is 0. The second kappa shape index (κ2) is 4.74. The second-order valence-electron chi connectivity index (χ2n) is 4.22. The highest BCUT2D eigenvalue weighted by Gasteiger charge is 2.43. The van der Waals surface area contributed by atoms with Crippen molar-refractivity contribution < 1.29 is 5.21 Å². The number of amidine groups is 1. The van der Waals surface area contributed by atoms with Crippen LogP contribution in [0.25, 0.3) is 0 Å². The summed E-state index contributed by atoms with van der Waals surface area (Å²) in [5.74, 6) is 1.32. The van der Waals surface area contributed by atoms with E-state index in [1.54, 1.807) is 18.0 Å². The van der Waals surface area contributed by atoms with Gasteiger partial charge in [0.15, 0.2) is 0 Å². The van der Waals surface area contributed by atoms with E-state index in [0.29, 0.717) is 12.3 Å². The highest BCUT2D eigenvalue weighted by molar-refractivity contribution is 7.99. The van der Waals surface area contributed by atoms with Crippen LogP contribution in [0.3, 0.4) is 0 Å². The molecule has 0 amide bonds. The Kier molecular flexibility index (Phi) is 3.33. The van der Waals surface area contributed by atoms with Crippen molar-refractivity contribution in [3.8, 4) is 0 Å². The average Bonchev–Trinajstić information content (AvgIpc) is 3.08. The molecule has 2 rings (SSSR count). The smallest absolute Gasteiger partial charge is 0.139 e. The van der Waals surface area contributed by atoms with Crippen LogP contribution in [0.5, 0.6) is 0 Å². The number of rotatable bonds is 5. The van der Waals surface area contributed by atoms with E-state index in [-0.39, 0.29) is 5.41 Å². The number of nitrogens with zero attached hydrogens (tertiary/aromatic N) is 2. The fourth-order valence-electron chi connectivity index (χ4n) is 1.63. The van der Waals surface area contributed by atoms with Crippen LogP contribution in [0.4, 0.5) is 0 Å². The van der Waals surface area contributed by atoms with Gasteiger partial charge in [-0.2, -0.15) is 0 Å². The zero-order chi connectivity index (χ0) is 11.4. The van der Waals surface area contributed by atoms with Gasteiger partial charge >= 0.3 is 0 Å². The molecule has 1 aromatic heterocycles. The first kappa shape index (κ1) is 11.3. The van der Waals surface area contributed by atoms with E-state index in [1.807, 2.05) is 18.2 Å². The van der Waals surface area contributed by atoms with Gasteiger partial charge in [0.05, 0.1) is 5.03 Å². The van der Waals surface area contributed by atoms with Crippen molar-refractivity contribution in [2.75, 3.05) is 5.75 Å². The van der Waals surface area contributed by atoms with Crippen molar-refractivity contribution in [2.24, 2.45) is 16.3 Å². The first-order chi connectivity index (χ1) is 7.74. The zero-order valence-corrected chi connectivity index (χ0v) is 9.78. The summed E-state index contributed by atoms with van der Waals surface area (Å²) in [4.78, 5) is 4.26. The third kappa shape index (κ3) is 2.88. The standard InChI is InChI=1S/C11H15N3OS/c12-9(14-15)7-11(4-5-11)8-16-10-3-1-2-6-13-10/h1-3,6,15H,4-5,7-8H2,(H2,12,14). The van der Waals surface area contributed by atoms with Crippen molar-refractivity contribution in [3.05, 3.63) is 24.4 Å². The Morgan fingerprint density at radius 1 is 1.56 bits per heavy atom. The van der Waals surface area contributed by atoms with E-state index in [1.165, 1.54) is 0 Å². The van der Waals surface area contributed by atoms with E-state index < -0.39 is 0 Å². The molecule has 1 saturated carbocycles. The van der Waals surface area contributed by atoms with Crippen LogP contribution in [-0.4, -0.2) is 21.8 Å². The largest absolute Gasteiger partial charge is 0.409 e. The molecule has 1 heterocycles. The summed E-state index contributed by atoms with van der Waals surface area (Å²) in [5, 5.41) is 12.6. The van der Waals surface area contributed by atoms with Crippen molar-refractivity contribution in [2.45, 2.75) is 24.3 Å². The van der Waals surface area contributed by atoms with Gasteiger partial charge in [-0.25, -0.2) is 4.98 Å². The molecule has 1 aliphatic rings. The first-order valence-electron chi connectivity index (χ1n) is 5.24. The van der Waals surface area contributed by atoms with Gasteiger partial charge in [0.2, 0.25) is 0 Å². The predicted octanol–water partition coefficient (Wildman–Crippen LogP) is 2.09. The van der Waals surface area contributed by atoms with Crippen molar-refractivity contribution in [3.63, 3.8) is 0 Å². The van der Waals surface area contributed by atoms with E-state index >= 15 is 0 Å². The van der Waals surface area contributed by atoms with Crippen molar-refractivity contribution in [1.29, 1.82) is 0 Å². The van der Waals surface area contributed by atoms with Crippen LogP contribution in [-0.2, 0) is 0 Å². The van der Waals surface area contributed by atoms with E-state index in [2.05, 4.69) is 10.1 Å². The molecule has 0 aliphatic heterocycles. The minimum Gasteiger partial charge on any atom is -0.409 e. The minimum absolute atomic E-state index is 0.235. The van der Waals surface area contributed by atoms with Crippen molar-refractivity contribution >= 4 is 17.6 Å². The summed E-state index contributed by atoms with van der Waals surface area (Å²) >= 11 is 1.74. The minimum atomic E-state index is 0.235. The molecule has 1 aromatic rings. The lowest BCUT2D eigenvalue weighted by Crippen LogP contribution is -2.19. The van der Waals surface area contributed by atoms with Crippen LogP contribution in [0.2, 0.25) is 0 Å². The van der Waals surface area contributed by atoms with Gasteiger partial charge in [-0.05, 0) is 30.4 Å². The molecule has 0 radical (unpaired) electrons. The third-order valence-electron chi connectivity index (χ3n) is 2.81. The Morgan fingerprint density at radius 3 is 2.94 bits per heavy atom. The number of hydrogen-bond donors (Lipinski definition) is 2. The SMILES string of the molecule is NC(CC1(CSc2ccccn2)CC1)=NO. The van der Waals surface area contributed by atoms with Gasteiger partial charge in [-0.3, -0.25) is 0 Å². The molecule has 16 heavy (non-hydrogen) atoms. The molecular formula is C11H15N3OS. The molecule has 0 unspecified atom stereocenters. The van der Waals surface area contributed by atoms with Gasteiger partial charge in [0.25, 0.3) is 0 Å². The predicted molar refractivity (Wildman–Crippen MR) is 64.7 cm³/mol. The topological polar surface area (TPSA) is 71.5 Å². The Bertz CT molecular complexity index is 376. The number of hydrogen-bond acceptors (Lipinski definition) is 4. The van der Waals surface area contributed by atoms with Crippen LogP contribution < -0.4 is 5.73 Å². The number of oxime groups is 1. The molecule has 0 saturated heterocycles. The highest BCUT2D eigenvalue weighted by Crippen LogP contribution is 2.51. The summed E-state index contributed by atoms with van der Waals surface area (Å²) in [6.45, 7) is 0. The summed E-state index contributed by atoms with van der Waals surface area (Å²) in [5.41, 5.74) is 5.78. The van der Waals surface area contributed by atoms with Gasteiger partial charge in [0.1, 0.15) is 5.84 Å². The normalized spacial score (nSPS) is 18.4. The molecule has 5 heteroatoms. The second-order valence-corrected chi connectivity index (χ2v) is 5.22. The Morgan fingerprint density at radius 2 is 2.38 bits per heavy atom. The fraction of sp³-hybridized carbons (Fsp3) is 0.455. The monoisotopic (exact) mass is 237 g/mol. The molecule has 86 valence electrons. The quantitative estimate of drug-likeness (QED) is 0.270. The number of pyridine rings is 1. The van der Waals surface area contributed by atoms with Crippen LogP contribution in [0.1, 0.15) is 19.3 Å². The molecule has 0 spiro atoms. The average molecular weight is 237 g/mol. The lowest BCUT2D eigenvalue weighted by Gasteiger charge is -2.12. The maximum Gasteiger partial charge on any atom is 0.139 e. The lowest BCUT2D eigenvalue weighted by atomic mass is 10.1. The van der Waals surface area contributed by atoms with Gasteiger partial charge in [0, 0.05) is 18.4 Å². The summed E-state index contributed by atoms with van der Waals surface area (Å²) in [6, 6.07) is 5.90. The Balaban J connectivity index is 1.86. The zero-order valence-electron chi connectivity index (χ0n) is 8.97. The van der Waals surface area contributed by atoms with E-state index in [4.69, 9.17) is 10.9 Å².